The Kier molecular flexibility index (Phi) is 4.84. The summed E-state index contributed by atoms with van der Waals surface area (Å²) in [6.07, 6.45) is 0. The minimum Gasteiger partial charge on any atom is -0.325 e. The topological polar surface area (TPSA) is 78.5 Å². The fourth-order valence-electron chi connectivity index (χ4n) is 3.41. The van der Waals surface area contributed by atoms with Crippen molar-refractivity contribution in [3.63, 3.8) is 0 Å². The van der Waals surface area contributed by atoms with Crippen LogP contribution >= 0.6 is 15.9 Å². The Balaban J connectivity index is 1.54. The Morgan fingerprint density at radius 1 is 1.03 bits per heavy atom. The first-order valence-electron chi connectivity index (χ1n) is 9.06. The van der Waals surface area contributed by atoms with E-state index in [-0.39, 0.29) is 6.54 Å². The highest BCUT2D eigenvalue weighted by Crippen LogP contribution is 2.31. The number of carbonyl (C=O) groups excluding carboxylic acids is 3. The zero-order valence-electron chi connectivity index (χ0n) is 15.6. The summed E-state index contributed by atoms with van der Waals surface area (Å²) in [5, 5.41) is 7.45. The highest BCUT2D eigenvalue weighted by molar-refractivity contribution is 9.10. The van der Waals surface area contributed by atoms with E-state index in [1.807, 2.05) is 42.5 Å². The number of amides is 4. The lowest BCUT2D eigenvalue weighted by Gasteiger charge is -2.22. The number of nitrogens with zero attached hydrogens (tertiary/aromatic N) is 1. The maximum Gasteiger partial charge on any atom is 0.325 e. The average molecular weight is 452 g/mol. The number of imide groups is 1. The number of fused-ring (bicyclic) bond motifs is 1. The maximum absolute atomic E-state index is 13.1. The molecule has 1 atom stereocenters. The van der Waals surface area contributed by atoms with Crippen molar-refractivity contribution in [1.82, 2.24) is 10.2 Å². The van der Waals surface area contributed by atoms with Gasteiger partial charge in [0.15, 0.2) is 0 Å². The molecule has 0 aromatic heterocycles. The number of hydrogen-bond acceptors (Lipinski definition) is 3. The van der Waals surface area contributed by atoms with Crippen molar-refractivity contribution >= 4 is 50.2 Å². The molecule has 0 radical (unpaired) electrons. The number of carbonyl (C=O) groups is 3. The van der Waals surface area contributed by atoms with Gasteiger partial charge >= 0.3 is 6.03 Å². The summed E-state index contributed by atoms with van der Waals surface area (Å²) in [5.74, 6) is -0.901. The van der Waals surface area contributed by atoms with Gasteiger partial charge in [-0.05, 0) is 53.6 Å². The van der Waals surface area contributed by atoms with Crippen molar-refractivity contribution in [2.75, 3.05) is 11.9 Å². The molecule has 29 heavy (non-hydrogen) atoms. The van der Waals surface area contributed by atoms with Crippen molar-refractivity contribution in [1.29, 1.82) is 0 Å². The SMILES string of the molecule is CC1(c2ccc3ccccc3c2)NC(=O)N(CC(=O)Nc2ccc(Br)cc2)C1=O. The predicted octanol–water partition coefficient (Wildman–Crippen LogP) is 4.01. The molecule has 1 aliphatic rings. The van der Waals surface area contributed by atoms with Crippen LogP contribution in [0.2, 0.25) is 0 Å². The fraction of sp³-hybridized carbons (Fsp3) is 0.136. The van der Waals surface area contributed by atoms with Gasteiger partial charge in [-0.15, -0.1) is 0 Å². The first-order valence-corrected chi connectivity index (χ1v) is 9.85. The number of hydrogen-bond donors (Lipinski definition) is 2. The normalized spacial score (nSPS) is 18.8. The van der Waals surface area contributed by atoms with Crippen molar-refractivity contribution in [3.8, 4) is 0 Å². The third kappa shape index (κ3) is 3.61. The molecule has 0 saturated carbocycles. The van der Waals surface area contributed by atoms with Crippen LogP contribution < -0.4 is 10.6 Å². The predicted molar refractivity (Wildman–Crippen MR) is 114 cm³/mol. The van der Waals surface area contributed by atoms with Crippen LogP contribution in [0.25, 0.3) is 10.8 Å². The van der Waals surface area contributed by atoms with Crippen LogP contribution in [0.3, 0.4) is 0 Å². The molecule has 3 aromatic rings. The molecule has 0 bridgehead atoms. The Morgan fingerprint density at radius 3 is 2.45 bits per heavy atom. The molecule has 3 aromatic carbocycles. The average Bonchev–Trinajstić information content (AvgIpc) is 2.93. The molecule has 1 unspecified atom stereocenters. The summed E-state index contributed by atoms with van der Waals surface area (Å²) in [7, 11) is 0. The van der Waals surface area contributed by atoms with Crippen LogP contribution in [-0.4, -0.2) is 29.3 Å². The van der Waals surface area contributed by atoms with Gasteiger partial charge in [0.25, 0.3) is 5.91 Å². The van der Waals surface area contributed by atoms with Crippen molar-refractivity contribution < 1.29 is 14.4 Å². The Bertz CT molecular complexity index is 1130. The quantitative estimate of drug-likeness (QED) is 0.588. The molecular formula is C22H18BrN3O3. The molecule has 4 rings (SSSR count). The Morgan fingerprint density at radius 2 is 1.72 bits per heavy atom. The first kappa shape index (κ1) is 19.1. The van der Waals surface area contributed by atoms with E-state index in [9.17, 15) is 14.4 Å². The van der Waals surface area contributed by atoms with Crippen LogP contribution in [0.15, 0.2) is 71.2 Å². The van der Waals surface area contributed by atoms with E-state index >= 15 is 0 Å². The molecule has 146 valence electrons. The van der Waals surface area contributed by atoms with Gasteiger partial charge < -0.3 is 10.6 Å². The third-order valence-electron chi connectivity index (χ3n) is 5.03. The Hall–Kier alpha value is -3.19. The highest BCUT2D eigenvalue weighted by Gasteiger charge is 2.49. The summed E-state index contributed by atoms with van der Waals surface area (Å²) < 4.78 is 0.885. The minimum absolute atomic E-state index is 0.357. The van der Waals surface area contributed by atoms with Gasteiger partial charge in [-0.3, -0.25) is 14.5 Å². The van der Waals surface area contributed by atoms with Crippen molar-refractivity contribution in [3.05, 3.63) is 76.8 Å². The summed E-state index contributed by atoms with van der Waals surface area (Å²) in [6.45, 7) is 1.30. The number of nitrogens with one attached hydrogen (secondary N) is 2. The van der Waals surface area contributed by atoms with E-state index in [1.54, 1.807) is 31.2 Å². The second-order valence-electron chi connectivity index (χ2n) is 7.06. The number of halogens is 1. The van der Waals surface area contributed by atoms with E-state index in [0.29, 0.717) is 11.3 Å². The van der Waals surface area contributed by atoms with Gasteiger partial charge in [-0.2, -0.15) is 0 Å². The Labute approximate surface area is 176 Å². The number of anilines is 1. The standard InChI is InChI=1S/C22H18BrN3O3/c1-22(16-7-6-14-4-2-3-5-15(14)12-16)20(28)26(21(29)25-22)13-19(27)24-18-10-8-17(23)9-11-18/h2-12H,13H2,1H3,(H,24,27)(H,25,29). The summed E-state index contributed by atoms with van der Waals surface area (Å²) >= 11 is 3.33. The van der Waals surface area contributed by atoms with Crippen LogP contribution in [0.5, 0.6) is 0 Å². The molecule has 4 amide bonds. The van der Waals surface area contributed by atoms with Gasteiger partial charge in [0.05, 0.1) is 0 Å². The van der Waals surface area contributed by atoms with Gasteiger partial charge in [-0.1, -0.05) is 52.3 Å². The molecule has 1 aliphatic heterocycles. The maximum atomic E-state index is 13.1. The second kappa shape index (κ2) is 7.33. The number of benzene rings is 3. The molecular weight excluding hydrogens is 434 g/mol. The molecule has 6 nitrogen and oxygen atoms in total. The van der Waals surface area contributed by atoms with E-state index in [0.717, 1.165) is 20.1 Å². The summed E-state index contributed by atoms with van der Waals surface area (Å²) in [6, 6.07) is 19.9. The van der Waals surface area contributed by atoms with Crippen molar-refractivity contribution in [2.45, 2.75) is 12.5 Å². The smallest absolute Gasteiger partial charge is 0.325 e. The lowest BCUT2D eigenvalue weighted by atomic mass is 9.90. The number of rotatable bonds is 4. The van der Waals surface area contributed by atoms with Crippen LogP contribution in [0, 0.1) is 0 Å². The second-order valence-corrected chi connectivity index (χ2v) is 7.98. The van der Waals surface area contributed by atoms with Gasteiger partial charge in [0, 0.05) is 10.2 Å². The van der Waals surface area contributed by atoms with Gasteiger partial charge in [0.2, 0.25) is 5.91 Å². The molecule has 0 spiro atoms. The van der Waals surface area contributed by atoms with E-state index < -0.39 is 23.4 Å². The molecule has 2 N–H and O–H groups in total. The van der Waals surface area contributed by atoms with Crippen LogP contribution in [-0.2, 0) is 15.1 Å². The lowest BCUT2D eigenvalue weighted by Crippen LogP contribution is -2.42. The van der Waals surface area contributed by atoms with Crippen molar-refractivity contribution in [2.24, 2.45) is 0 Å². The zero-order valence-corrected chi connectivity index (χ0v) is 17.2. The molecule has 0 aliphatic carbocycles. The van der Waals surface area contributed by atoms with E-state index in [2.05, 4.69) is 26.6 Å². The van der Waals surface area contributed by atoms with Gasteiger partial charge in [0.1, 0.15) is 12.1 Å². The van der Waals surface area contributed by atoms with E-state index in [1.165, 1.54) is 0 Å². The third-order valence-corrected chi connectivity index (χ3v) is 5.56. The summed E-state index contributed by atoms with van der Waals surface area (Å²) in [4.78, 5) is 38.9. The monoisotopic (exact) mass is 451 g/mol. The first-order chi connectivity index (χ1) is 13.9. The fourth-order valence-corrected chi connectivity index (χ4v) is 3.68. The van der Waals surface area contributed by atoms with E-state index in [4.69, 9.17) is 0 Å². The van der Waals surface area contributed by atoms with Gasteiger partial charge in [-0.25, -0.2) is 4.79 Å². The highest BCUT2D eigenvalue weighted by atomic mass is 79.9. The minimum atomic E-state index is -1.22. The van der Waals surface area contributed by atoms with Crippen LogP contribution in [0.4, 0.5) is 10.5 Å². The molecule has 7 heteroatoms. The van der Waals surface area contributed by atoms with Crippen LogP contribution in [0.1, 0.15) is 12.5 Å². The molecule has 1 fully saturated rings. The number of urea groups is 1. The molecule has 1 saturated heterocycles. The summed E-state index contributed by atoms with van der Waals surface area (Å²) in [5.41, 5.74) is 0.0341. The largest absolute Gasteiger partial charge is 0.325 e. The molecule has 1 heterocycles. The lowest BCUT2D eigenvalue weighted by molar-refractivity contribution is -0.133. The zero-order chi connectivity index (χ0) is 20.6.